The Morgan fingerprint density at radius 1 is 0.971 bits per heavy atom. The molecule has 1 saturated carbocycles. The average Bonchev–Trinajstić information content (AvgIpc) is 3.11. The Morgan fingerprint density at radius 3 is 2.29 bits per heavy atom. The molecule has 0 atom stereocenters. The lowest BCUT2D eigenvalue weighted by Crippen LogP contribution is -2.30. The van der Waals surface area contributed by atoms with Crippen molar-refractivity contribution in [1.29, 1.82) is 0 Å². The Kier molecular flexibility index (Phi) is 7.37. The molecule has 2 amide bonds. The second-order valence-electron chi connectivity index (χ2n) is 8.41. The molecule has 1 aliphatic carbocycles. The van der Waals surface area contributed by atoms with Crippen molar-refractivity contribution >= 4 is 23.6 Å². The van der Waals surface area contributed by atoms with E-state index in [0.29, 0.717) is 28.9 Å². The summed E-state index contributed by atoms with van der Waals surface area (Å²) < 4.78 is 10.8. The highest BCUT2D eigenvalue weighted by atomic mass is 16.7. The summed E-state index contributed by atoms with van der Waals surface area (Å²) in [5.41, 5.74) is 0.885. The van der Waals surface area contributed by atoms with Crippen LogP contribution in [0.4, 0.5) is 0 Å². The van der Waals surface area contributed by atoms with Crippen LogP contribution < -0.4 is 4.74 Å². The zero-order valence-corrected chi connectivity index (χ0v) is 19.1. The fraction of sp³-hybridized carbons (Fsp3) is 0.385. The van der Waals surface area contributed by atoms with Crippen molar-refractivity contribution < 1.29 is 33.5 Å². The fourth-order valence-corrected chi connectivity index (χ4v) is 4.29. The third-order valence-electron chi connectivity index (χ3n) is 6.10. The number of hydrogen-bond acceptors (Lipinski definition) is 7. The van der Waals surface area contributed by atoms with Crippen molar-refractivity contribution in [1.82, 2.24) is 5.06 Å². The maximum atomic E-state index is 12.7. The number of amides is 2. The van der Waals surface area contributed by atoms with Crippen LogP contribution in [0.5, 0.6) is 5.75 Å². The number of imide groups is 1. The van der Waals surface area contributed by atoms with Gasteiger partial charge in [-0.25, -0.2) is 4.79 Å². The fourth-order valence-electron chi connectivity index (χ4n) is 4.29. The number of carbonyl (C=O) groups is 4. The summed E-state index contributed by atoms with van der Waals surface area (Å²) in [4.78, 5) is 55.5. The minimum atomic E-state index is -0.986. The molecule has 0 saturated heterocycles. The summed E-state index contributed by atoms with van der Waals surface area (Å²) >= 11 is 0. The maximum Gasteiger partial charge on any atom is 0.379 e. The highest BCUT2D eigenvalue weighted by Crippen LogP contribution is 2.27. The summed E-state index contributed by atoms with van der Waals surface area (Å²) in [6.45, 7) is 1.95. The van der Waals surface area contributed by atoms with E-state index in [9.17, 15) is 19.2 Å². The third-order valence-corrected chi connectivity index (χ3v) is 6.10. The zero-order valence-electron chi connectivity index (χ0n) is 19.1. The van der Waals surface area contributed by atoms with Crippen LogP contribution in [0.2, 0.25) is 0 Å². The van der Waals surface area contributed by atoms with Crippen molar-refractivity contribution in [3.8, 4) is 5.75 Å². The number of Topliss-reactive ketones (excluding diaryl/α,β-unsaturated/α-hetero) is 1. The van der Waals surface area contributed by atoms with Crippen LogP contribution in [0.1, 0.15) is 75.7 Å². The largest absolute Gasteiger partial charge is 0.493 e. The predicted molar refractivity (Wildman–Crippen MR) is 121 cm³/mol. The van der Waals surface area contributed by atoms with Crippen LogP contribution >= 0.6 is 0 Å². The molecule has 4 rings (SSSR count). The van der Waals surface area contributed by atoms with Crippen LogP contribution in [0.3, 0.4) is 0 Å². The van der Waals surface area contributed by atoms with Crippen molar-refractivity contribution in [3.05, 3.63) is 64.7 Å². The standard InChI is InChI=1S/C26H27NO7/c1-2-32-26(31)23(28)20-13-12-19(33-15-17-8-4-3-5-9-17)14-18(20)16-34-27-24(29)21-10-6-7-11-22(21)25(27)30/h6-7,10-14,17H,2-5,8-9,15-16H2,1H3. The number of benzene rings is 2. The second-order valence-corrected chi connectivity index (χ2v) is 8.41. The van der Waals surface area contributed by atoms with Gasteiger partial charge in [0.25, 0.3) is 17.6 Å². The van der Waals surface area contributed by atoms with Gasteiger partial charge in [0.15, 0.2) is 0 Å². The minimum absolute atomic E-state index is 0.0635. The molecule has 178 valence electrons. The van der Waals surface area contributed by atoms with Crippen LogP contribution in [0.15, 0.2) is 42.5 Å². The molecule has 2 aliphatic rings. The zero-order chi connectivity index (χ0) is 24.1. The molecule has 1 heterocycles. The number of ketones is 1. The van der Waals surface area contributed by atoms with Crippen molar-refractivity contribution in [2.75, 3.05) is 13.2 Å². The van der Waals surface area contributed by atoms with Crippen LogP contribution in [0, 0.1) is 5.92 Å². The molecule has 34 heavy (non-hydrogen) atoms. The molecular weight excluding hydrogens is 438 g/mol. The maximum absolute atomic E-state index is 12.7. The van der Waals surface area contributed by atoms with Gasteiger partial charge in [0, 0.05) is 5.56 Å². The van der Waals surface area contributed by atoms with Gasteiger partial charge in [0.2, 0.25) is 0 Å². The predicted octanol–water partition coefficient (Wildman–Crippen LogP) is 4.12. The summed E-state index contributed by atoms with van der Waals surface area (Å²) in [6.07, 6.45) is 5.88. The Labute approximate surface area is 197 Å². The topological polar surface area (TPSA) is 99.2 Å². The summed E-state index contributed by atoms with van der Waals surface area (Å²) in [5, 5.41) is 0.679. The SMILES string of the molecule is CCOC(=O)C(=O)c1ccc(OCC2CCCCC2)cc1CON1C(=O)c2ccccc2C1=O. The quantitative estimate of drug-likeness (QED) is 0.238. The molecule has 8 nitrogen and oxygen atoms in total. The summed E-state index contributed by atoms with van der Waals surface area (Å²) in [7, 11) is 0. The lowest BCUT2D eigenvalue weighted by Gasteiger charge is -2.22. The molecule has 0 N–H and O–H groups in total. The molecule has 0 radical (unpaired) electrons. The molecule has 1 fully saturated rings. The molecule has 8 heteroatoms. The number of nitrogens with zero attached hydrogens (tertiary/aromatic N) is 1. The number of hydroxylamine groups is 2. The number of ether oxygens (including phenoxy) is 2. The first kappa shape index (κ1) is 23.6. The van der Waals surface area contributed by atoms with Gasteiger partial charge in [-0.15, -0.1) is 5.06 Å². The Morgan fingerprint density at radius 2 is 1.65 bits per heavy atom. The van der Waals surface area contributed by atoms with E-state index < -0.39 is 23.6 Å². The van der Waals surface area contributed by atoms with Gasteiger partial charge in [0.05, 0.1) is 24.3 Å². The van der Waals surface area contributed by atoms with Gasteiger partial charge < -0.3 is 9.47 Å². The lowest BCUT2D eigenvalue weighted by atomic mass is 9.90. The molecule has 2 aromatic carbocycles. The number of carbonyl (C=O) groups excluding carboxylic acids is 4. The number of rotatable bonds is 9. The normalized spacial score (nSPS) is 15.9. The van der Waals surface area contributed by atoms with Gasteiger partial charge in [-0.1, -0.05) is 31.4 Å². The smallest absolute Gasteiger partial charge is 0.379 e. The van der Waals surface area contributed by atoms with E-state index in [1.807, 2.05) is 0 Å². The van der Waals surface area contributed by atoms with E-state index in [1.165, 1.54) is 25.3 Å². The molecule has 2 aromatic rings. The van der Waals surface area contributed by atoms with Gasteiger partial charge in [-0.3, -0.25) is 19.2 Å². The Hall–Kier alpha value is -3.52. The number of hydrogen-bond donors (Lipinski definition) is 0. The summed E-state index contributed by atoms with van der Waals surface area (Å²) in [5.74, 6) is -1.98. The van der Waals surface area contributed by atoms with Crippen molar-refractivity contribution in [3.63, 3.8) is 0 Å². The third kappa shape index (κ3) is 5.02. The van der Waals surface area contributed by atoms with E-state index in [-0.39, 0.29) is 29.9 Å². The van der Waals surface area contributed by atoms with E-state index in [2.05, 4.69) is 0 Å². The summed E-state index contributed by atoms with van der Waals surface area (Å²) in [6, 6.07) is 11.1. The van der Waals surface area contributed by atoms with Gasteiger partial charge in [0.1, 0.15) is 12.4 Å². The molecule has 0 unspecified atom stereocenters. The van der Waals surface area contributed by atoms with E-state index in [4.69, 9.17) is 14.3 Å². The first-order chi connectivity index (χ1) is 16.5. The molecule has 0 spiro atoms. The van der Waals surface area contributed by atoms with Gasteiger partial charge >= 0.3 is 5.97 Å². The first-order valence-corrected chi connectivity index (χ1v) is 11.6. The Balaban J connectivity index is 1.52. The van der Waals surface area contributed by atoms with Crippen molar-refractivity contribution in [2.24, 2.45) is 5.92 Å². The second kappa shape index (κ2) is 10.6. The molecule has 0 aromatic heterocycles. The van der Waals surface area contributed by atoms with E-state index >= 15 is 0 Å². The highest BCUT2D eigenvalue weighted by molar-refractivity contribution is 6.41. The van der Waals surface area contributed by atoms with Gasteiger partial charge in [-0.2, -0.15) is 0 Å². The van der Waals surface area contributed by atoms with E-state index in [1.54, 1.807) is 43.3 Å². The van der Waals surface area contributed by atoms with Crippen LogP contribution in [-0.4, -0.2) is 41.8 Å². The van der Waals surface area contributed by atoms with Gasteiger partial charge in [-0.05, 0) is 61.6 Å². The highest BCUT2D eigenvalue weighted by Gasteiger charge is 2.37. The monoisotopic (exact) mass is 465 g/mol. The van der Waals surface area contributed by atoms with Crippen molar-refractivity contribution in [2.45, 2.75) is 45.6 Å². The molecular formula is C26H27NO7. The average molecular weight is 466 g/mol. The minimum Gasteiger partial charge on any atom is -0.493 e. The molecule has 1 aliphatic heterocycles. The van der Waals surface area contributed by atoms with Crippen LogP contribution in [-0.2, 0) is 21.0 Å². The van der Waals surface area contributed by atoms with E-state index in [0.717, 1.165) is 12.8 Å². The lowest BCUT2D eigenvalue weighted by molar-refractivity contribution is -0.137. The number of esters is 1. The van der Waals surface area contributed by atoms with Crippen LogP contribution in [0.25, 0.3) is 0 Å². The molecule has 0 bridgehead atoms. The first-order valence-electron chi connectivity index (χ1n) is 11.6. The number of fused-ring (bicyclic) bond motifs is 1. The Bertz CT molecular complexity index is 1070.